The van der Waals surface area contributed by atoms with Crippen molar-refractivity contribution in [2.24, 2.45) is 5.92 Å². The number of aryl methyl sites for hydroxylation is 3. The van der Waals surface area contributed by atoms with Crippen LogP contribution in [-0.2, 0) is 34.1 Å². The highest BCUT2D eigenvalue weighted by molar-refractivity contribution is 7.89. The first kappa shape index (κ1) is 22.5. The van der Waals surface area contributed by atoms with E-state index in [1.165, 1.54) is 4.31 Å². The molecule has 3 rings (SSSR count). The normalized spacial score (nSPS) is 20.2. The molecule has 0 amide bonds. The molecule has 0 bridgehead atoms. The second-order valence-electron chi connectivity index (χ2n) is 7.92. The maximum absolute atomic E-state index is 13.8. The molecule has 2 aromatic rings. The van der Waals surface area contributed by atoms with Crippen molar-refractivity contribution in [3.8, 4) is 0 Å². The fourth-order valence-electron chi connectivity index (χ4n) is 4.49. The van der Waals surface area contributed by atoms with Gasteiger partial charge in [0.1, 0.15) is 0 Å². The minimum atomic E-state index is -3.72. The second-order valence-corrected chi connectivity index (χ2v) is 9.79. The summed E-state index contributed by atoms with van der Waals surface area (Å²) in [5, 5.41) is 9.73. The van der Waals surface area contributed by atoms with Crippen LogP contribution in [0.15, 0.2) is 47.4 Å². The Hall–Kier alpha value is -2.18. The highest BCUT2D eigenvalue weighted by Crippen LogP contribution is 2.37. The maximum atomic E-state index is 13.8. The molecule has 5 nitrogen and oxygen atoms in total. The Morgan fingerprint density at radius 2 is 1.63 bits per heavy atom. The fraction of sp³-hybridized carbons (Fsp3) is 0.458. The largest absolute Gasteiger partial charge is 0.481 e. The molecule has 30 heavy (non-hydrogen) atoms. The van der Waals surface area contributed by atoms with Crippen LogP contribution in [0.3, 0.4) is 0 Å². The first-order chi connectivity index (χ1) is 14.3. The quantitative estimate of drug-likeness (QED) is 0.714. The SMILES string of the molecule is CCc1cc(CC)c(S(=O)(=O)N2CCC(C(=O)O)C(c3ccccc3)C2)c(CC)c1. The molecule has 2 unspecified atom stereocenters. The number of aliphatic carboxylic acids is 1. The van der Waals surface area contributed by atoms with Crippen LogP contribution >= 0.6 is 0 Å². The molecule has 0 radical (unpaired) electrons. The Morgan fingerprint density at radius 3 is 2.13 bits per heavy atom. The zero-order valence-electron chi connectivity index (χ0n) is 18.0. The minimum Gasteiger partial charge on any atom is -0.481 e. The summed E-state index contributed by atoms with van der Waals surface area (Å²) in [5.41, 5.74) is 3.72. The number of rotatable bonds is 7. The molecular formula is C24H31NO4S. The van der Waals surface area contributed by atoms with E-state index < -0.39 is 21.9 Å². The number of hydrogen-bond donors (Lipinski definition) is 1. The fourth-order valence-corrected chi connectivity index (χ4v) is 6.52. The summed E-state index contributed by atoms with van der Waals surface area (Å²) in [7, 11) is -3.72. The first-order valence-electron chi connectivity index (χ1n) is 10.8. The smallest absolute Gasteiger partial charge is 0.307 e. The third-order valence-corrected chi connectivity index (χ3v) is 8.24. The third-order valence-electron chi connectivity index (χ3n) is 6.19. The van der Waals surface area contributed by atoms with Crippen molar-refractivity contribution in [1.29, 1.82) is 0 Å². The zero-order chi connectivity index (χ0) is 21.9. The van der Waals surface area contributed by atoms with Crippen LogP contribution in [0.2, 0.25) is 0 Å². The molecule has 1 aliphatic heterocycles. The van der Waals surface area contributed by atoms with Gasteiger partial charge in [0.2, 0.25) is 10.0 Å². The number of benzene rings is 2. The molecule has 0 aromatic heterocycles. The molecule has 0 saturated carbocycles. The van der Waals surface area contributed by atoms with Gasteiger partial charge in [0.05, 0.1) is 10.8 Å². The Bertz CT molecular complexity index is 976. The van der Waals surface area contributed by atoms with Crippen molar-refractivity contribution < 1.29 is 18.3 Å². The van der Waals surface area contributed by atoms with Gasteiger partial charge < -0.3 is 5.11 Å². The van der Waals surface area contributed by atoms with Crippen molar-refractivity contribution in [2.45, 2.75) is 57.3 Å². The summed E-state index contributed by atoms with van der Waals surface area (Å²) in [6.45, 7) is 6.45. The summed E-state index contributed by atoms with van der Waals surface area (Å²) in [6.07, 6.45) is 2.46. The predicted octanol–water partition coefficient (Wildman–Crippen LogP) is 4.25. The van der Waals surface area contributed by atoms with E-state index >= 15 is 0 Å². The van der Waals surface area contributed by atoms with Gasteiger partial charge >= 0.3 is 5.97 Å². The molecule has 162 valence electrons. The Kier molecular flexibility index (Phi) is 6.98. The van der Waals surface area contributed by atoms with Gasteiger partial charge in [-0.3, -0.25) is 4.79 Å². The highest BCUT2D eigenvalue weighted by atomic mass is 32.2. The van der Waals surface area contributed by atoms with Gasteiger partial charge in [0.15, 0.2) is 0 Å². The summed E-state index contributed by atoms with van der Waals surface area (Å²) in [5.74, 6) is -1.81. The minimum absolute atomic E-state index is 0.186. The number of nitrogens with zero attached hydrogens (tertiary/aromatic N) is 1. The van der Waals surface area contributed by atoms with Crippen LogP contribution in [0.4, 0.5) is 0 Å². The van der Waals surface area contributed by atoms with E-state index in [1.54, 1.807) is 0 Å². The lowest BCUT2D eigenvalue weighted by Crippen LogP contribution is -2.45. The van der Waals surface area contributed by atoms with E-state index in [2.05, 4.69) is 6.92 Å². The summed E-state index contributed by atoms with van der Waals surface area (Å²) >= 11 is 0. The van der Waals surface area contributed by atoms with E-state index in [1.807, 2.05) is 56.3 Å². The number of piperidine rings is 1. The van der Waals surface area contributed by atoms with Crippen LogP contribution in [-0.4, -0.2) is 36.9 Å². The van der Waals surface area contributed by atoms with Crippen LogP contribution in [0.25, 0.3) is 0 Å². The predicted molar refractivity (Wildman–Crippen MR) is 118 cm³/mol. The molecule has 0 aliphatic carbocycles. The average Bonchev–Trinajstić information content (AvgIpc) is 2.77. The summed E-state index contributed by atoms with van der Waals surface area (Å²) < 4.78 is 29.1. The monoisotopic (exact) mass is 429 g/mol. The molecule has 1 N–H and O–H groups in total. The number of carbonyl (C=O) groups is 1. The van der Waals surface area contributed by atoms with Crippen LogP contribution in [0.5, 0.6) is 0 Å². The van der Waals surface area contributed by atoms with Gasteiger partial charge in [-0.25, -0.2) is 8.42 Å². The van der Waals surface area contributed by atoms with E-state index in [0.29, 0.717) is 24.2 Å². The Morgan fingerprint density at radius 1 is 1.03 bits per heavy atom. The van der Waals surface area contributed by atoms with E-state index in [4.69, 9.17) is 0 Å². The standard InChI is InChI=1S/C24H31NO4S/c1-4-17-14-18(5-2)23(19(6-3)15-17)30(28,29)25-13-12-21(24(26)27)22(16-25)20-10-8-7-9-11-20/h7-11,14-15,21-22H,4-6,12-13,16H2,1-3H3,(H,26,27). The van der Waals surface area contributed by atoms with Gasteiger partial charge in [0, 0.05) is 19.0 Å². The van der Waals surface area contributed by atoms with Crippen molar-refractivity contribution in [2.75, 3.05) is 13.1 Å². The molecule has 1 heterocycles. The Balaban J connectivity index is 2.04. The second kappa shape index (κ2) is 9.31. The van der Waals surface area contributed by atoms with Gasteiger partial charge in [-0.05, 0) is 47.9 Å². The van der Waals surface area contributed by atoms with E-state index in [9.17, 15) is 18.3 Å². The molecular weight excluding hydrogens is 398 g/mol. The van der Waals surface area contributed by atoms with Crippen LogP contribution in [0, 0.1) is 5.92 Å². The topological polar surface area (TPSA) is 74.7 Å². The lowest BCUT2D eigenvalue weighted by molar-refractivity contribution is -0.143. The maximum Gasteiger partial charge on any atom is 0.307 e. The van der Waals surface area contributed by atoms with Crippen molar-refractivity contribution >= 4 is 16.0 Å². The lowest BCUT2D eigenvalue weighted by Gasteiger charge is -2.37. The highest BCUT2D eigenvalue weighted by Gasteiger charge is 2.40. The third kappa shape index (κ3) is 4.30. The Labute approximate surface area is 179 Å². The lowest BCUT2D eigenvalue weighted by atomic mass is 9.81. The molecule has 1 fully saturated rings. The van der Waals surface area contributed by atoms with E-state index in [-0.39, 0.29) is 19.0 Å². The molecule has 0 spiro atoms. The molecule has 6 heteroatoms. The van der Waals surface area contributed by atoms with Gasteiger partial charge in [0.25, 0.3) is 0 Å². The van der Waals surface area contributed by atoms with E-state index in [0.717, 1.165) is 28.7 Å². The molecule has 1 saturated heterocycles. The van der Waals surface area contributed by atoms with Crippen molar-refractivity contribution in [3.05, 3.63) is 64.7 Å². The summed E-state index contributed by atoms with van der Waals surface area (Å²) in [4.78, 5) is 12.3. The van der Waals surface area contributed by atoms with Gasteiger partial charge in [-0.15, -0.1) is 0 Å². The van der Waals surface area contributed by atoms with Crippen LogP contribution < -0.4 is 0 Å². The number of carboxylic acid groups (broad SMARTS) is 1. The molecule has 1 aliphatic rings. The average molecular weight is 430 g/mol. The van der Waals surface area contributed by atoms with Crippen molar-refractivity contribution in [1.82, 2.24) is 4.31 Å². The molecule has 2 atom stereocenters. The van der Waals surface area contributed by atoms with Gasteiger partial charge in [-0.1, -0.05) is 63.2 Å². The summed E-state index contributed by atoms with van der Waals surface area (Å²) in [6, 6.07) is 13.4. The number of sulfonamides is 1. The van der Waals surface area contributed by atoms with Crippen molar-refractivity contribution in [3.63, 3.8) is 0 Å². The number of carboxylic acids is 1. The van der Waals surface area contributed by atoms with Crippen LogP contribution in [0.1, 0.15) is 55.4 Å². The molecule has 2 aromatic carbocycles. The van der Waals surface area contributed by atoms with Gasteiger partial charge in [-0.2, -0.15) is 4.31 Å². The number of hydrogen-bond acceptors (Lipinski definition) is 3. The first-order valence-corrected chi connectivity index (χ1v) is 12.2. The zero-order valence-corrected chi connectivity index (χ0v) is 18.8.